The number of aliphatic carboxylic acids is 1. The second kappa shape index (κ2) is 7.96. The number of amides is 2. The molecule has 16 heavy (non-hydrogen) atoms. The first-order valence-electron chi connectivity index (χ1n) is 5.78. The lowest BCUT2D eigenvalue weighted by atomic mass is 10.1. The number of hydrogen-bond donors (Lipinski definition) is 3. The molecule has 0 aliphatic carbocycles. The number of urea groups is 1. The SMILES string of the molecule is CCCC(CC(=O)O)NC(=O)NC(C)CC. The van der Waals surface area contributed by atoms with Crippen molar-refractivity contribution in [2.45, 2.75) is 58.5 Å². The molecule has 94 valence electrons. The number of rotatable bonds is 7. The molecule has 0 heterocycles. The summed E-state index contributed by atoms with van der Waals surface area (Å²) in [4.78, 5) is 22.0. The van der Waals surface area contributed by atoms with Crippen LogP contribution in [0.5, 0.6) is 0 Å². The molecule has 0 saturated heterocycles. The van der Waals surface area contributed by atoms with Gasteiger partial charge in [0.1, 0.15) is 0 Å². The maximum absolute atomic E-state index is 11.5. The number of carboxylic acids is 1. The molecule has 0 saturated carbocycles. The summed E-state index contributed by atoms with van der Waals surface area (Å²) in [5.41, 5.74) is 0. The van der Waals surface area contributed by atoms with Crippen molar-refractivity contribution in [3.63, 3.8) is 0 Å². The minimum atomic E-state index is -0.887. The van der Waals surface area contributed by atoms with Gasteiger partial charge >= 0.3 is 12.0 Å². The van der Waals surface area contributed by atoms with Gasteiger partial charge in [0.15, 0.2) is 0 Å². The fourth-order valence-corrected chi connectivity index (χ4v) is 1.34. The molecule has 2 atom stereocenters. The minimum absolute atomic E-state index is 0.0260. The Balaban J connectivity index is 4.06. The van der Waals surface area contributed by atoms with Gasteiger partial charge in [-0.2, -0.15) is 0 Å². The molecule has 5 heteroatoms. The van der Waals surface area contributed by atoms with Crippen LogP contribution < -0.4 is 10.6 Å². The normalized spacial score (nSPS) is 13.9. The van der Waals surface area contributed by atoms with Crippen LogP contribution in [-0.4, -0.2) is 29.2 Å². The first-order chi connectivity index (χ1) is 7.49. The topological polar surface area (TPSA) is 78.4 Å². The fourth-order valence-electron chi connectivity index (χ4n) is 1.34. The molecule has 0 spiro atoms. The van der Waals surface area contributed by atoms with Crippen molar-refractivity contribution in [2.75, 3.05) is 0 Å². The molecule has 0 aromatic carbocycles. The van der Waals surface area contributed by atoms with E-state index in [1.165, 1.54) is 0 Å². The van der Waals surface area contributed by atoms with Crippen molar-refractivity contribution in [1.82, 2.24) is 10.6 Å². The molecule has 2 amide bonds. The third-order valence-corrected chi connectivity index (χ3v) is 2.38. The quantitative estimate of drug-likeness (QED) is 0.623. The second-order valence-electron chi connectivity index (χ2n) is 4.01. The molecule has 3 N–H and O–H groups in total. The van der Waals surface area contributed by atoms with E-state index in [1.807, 2.05) is 20.8 Å². The van der Waals surface area contributed by atoms with Crippen LogP contribution in [0.15, 0.2) is 0 Å². The minimum Gasteiger partial charge on any atom is -0.481 e. The van der Waals surface area contributed by atoms with Gasteiger partial charge < -0.3 is 15.7 Å². The fraction of sp³-hybridized carbons (Fsp3) is 0.818. The maximum Gasteiger partial charge on any atom is 0.315 e. The van der Waals surface area contributed by atoms with E-state index >= 15 is 0 Å². The first-order valence-corrected chi connectivity index (χ1v) is 5.78. The van der Waals surface area contributed by atoms with Gasteiger partial charge in [-0.05, 0) is 19.8 Å². The third kappa shape index (κ3) is 7.09. The summed E-state index contributed by atoms with van der Waals surface area (Å²) in [6.07, 6.45) is 2.36. The van der Waals surface area contributed by atoms with E-state index < -0.39 is 5.97 Å². The summed E-state index contributed by atoms with van der Waals surface area (Å²) in [6.45, 7) is 5.85. The summed E-state index contributed by atoms with van der Waals surface area (Å²) in [5, 5.41) is 14.1. The van der Waals surface area contributed by atoms with Gasteiger partial charge in [-0.1, -0.05) is 20.3 Å². The van der Waals surface area contributed by atoms with E-state index in [9.17, 15) is 9.59 Å². The molecule has 0 fully saturated rings. The van der Waals surface area contributed by atoms with E-state index in [0.29, 0.717) is 6.42 Å². The zero-order valence-electron chi connectivity index (χ0n) is 10.2. The molecule has 5 nitrogen and oxygen atoms in total. The zero-order chi connectivity index (χ0) is 12.6. The molecule has 0 aromatic rings. The van der Waals surface area contributed by atoms with E-state index in [-0.39, 0.29) is 24.5 Å². The van der Waals surface area contributed by atoms with Crippen LogP contribution in [0.3, 0.4) is 0 Å². The predicted molar refractivity (Wildman–Crippen MR) is 62.4 cm³/mol. The van der Waals surface area contributed by atoms with Crippen molar-refractivity contribution in [1.29, 1.82) is 0 Å². The van der Waals surface area contributed by atoms with Crippen LogP contribution in [0.1, 0.15) is 46.5 Å². The Morgan fingerprint density at radius 2 is 1.88 bits per heavy atom. The largest absolute Gasteiger partial charge is 0.481 e. The molecule has 0 rings (SSSR count). The molecule has 2 unspecified atom stereocenters. The van der Waals surface area contributed by atoms with Crippen molar-refractivity contribution in [2.24, 2.45) is 0 Å². The Kier molecular flexibility index (Phi) is 7.33. The molecular formula is C11H22N2O3. The van der Waals surface area contributed by atoms with Crippen molar-refractivity contribution in [3.05, 3.63) is 0 Å². The standard InChI is InChI=1S/C11H22N2O3/c1-4-6-9(7-10(14)15)13-11(16)12-8(3)5-2/h8-9H,4-7H2,1-3H3,(H,14,15)(H2,12,13,16). The Bertz CT molecular complexity index is 231. The van der Waals surface area contributed by atoms with Crippen LogP contribution in [-0.2, 0) is 4.79 Å². The first kappa shape index (κ1) is 14.7. The average molecular weight is 230 g/mol. The maximum atomic E-state index is 11.5. The Hall–Kier alpha value is -1.26. The van der Waals surface area contributed by atoms with E-state index in [1.54, 1.807) is 0 Å². The average Bonchev–Trinajstić information content (AvgIpc) is 2.16. The molecular weight excluding hydrogens is 208 g/mol. The van der Waals surface area contributed by atoms with Gasteiger partial charge in [-0.25, -0.2) is 4.79 Å². The van der Waals surface area contributed by atoms with Gasteiger partial charge in [0.05, 0.1) is 6.42 Å². The van der Waals surface area contributed by atoms with Crippen LogP contribution in [0, 0.1) is 0 Å². The molecule has 0 bridgehead atoms. The number of carbonyl (C=O) groups is 2. The van der Waals surface area contributed by atoms with Crippen LogP contribution in [0.4, 0.5) is 4.79 Å². The number of nitrogens with one attached hydrogen (secondary N) is 2. The lowest BCUT2D eigenvalue weighted by molar-refractivity contribution is -0.137. The van der Waals surface area contributed by atoms with Crippen LogP contribution in [0.25, 0.3) is 0 Å². The van der Waals surface area contributed by atoms with Gasteiger partial charge in [-0.15, -0.1) is 0 Å². The third-order valence-electron chi connectivity index (χ3n) is 2.38. The van der Waals surface area contributed by atoms with E-state index in [4.69, 9.17) is 5.11 Å². The van der Waals surface area contributed by atoms with Gasteiger partial charge in [0.2, 0.25) is 0 Å². The highest BCUT2D eigenvalue weighted by Crippen LogP contribution is 2.01. The molecule has 0 aliphatic rings. The highest BCUT2D eigenvalue weighted by atomic mass is 16.4. The Morgan fingerprint density at radius 1 is 1.25 bits per heavy atom. The number of hydrogen-bond acceptors (Lipinski definition) is 2. The summed E-state index contributed by atoms with van der Waals surface area (Å²) >= 11 is 0. The van der Waals surface area contributed by atoms with Gasteiger partial charge in [-0.3, -0.25) is 4.79 Å². The van der Waals surface area contributed by atoms with Crippen LogP contribution >= 0.6 is 0 Å². The highest BCUT2D eigenvalue weighted by Gasteiger charge is 2.15. The molecule has 0 radical (unpaired) electrons. The predicted octanol–water partition coefficient (Wildman–Crippen LogP) is 1.73. The molecule has 0 aliphatic heterocycles. The van der Waals surface area contributed by atoms with E-state index in [0.717, 1.165) is 12.8 Å². The van der Waals surface area contributed by atoms with Crippen molar-refractivity contribution in [3.8, 4) is 0 Å². The lowest BCUT2D eigenvalue weighted by Crippen LogP contribution is -2.45. The summed E-state index contributed by atoms with van der Waals surface area (Å²) < 4.78 is 0. The number of carbonyl (C=O) groups excluding carboxylic acids is 1. The van der Waals surface area contributed by atoms with Gasteiger partial charge in [0.25, 0.3) is 0 Å². The van der Waals surface area contributed by atoms with Crippen LogP contribution in [0.2, 0.25) is 0 Å². The van der Waals surface area contributed by atoms with Gasteiger partial charge in [0, 0.05) is 12.1 Å². The Labute approximate surface area is 96.6 Å². The lowest BCUT2D eigenvalue weighted by Gasteiger charge is -2.18. The van der Waals surface area contributed by atoms with Crippen molar-refractivity contribution < 1.29 is 14.7 Å². The summed E-state index contributed by atoms with van der Waals surface area (Å²) in [5.74, 6) is -0.887. The van der Waals surface area contributed by atoms with E-state index in [2.05, 4.69) is 10.6 Å². The highest BCUT2D eigenvalue weighted by molar-refractivity contribution is 5.75. The number of carboxylic acid groups (broad SMARTS) is 1. The summed E-state index contributed by atoms with van der Waals surface area (Å²) in [6, 6.07) is -0.465. The zero-order valence-corrected chi connectivity index (χ0v) is 10.2. The van der Waals surface area contributed by atoms with Crippen molar-refractivity contribution >= 4 is 12.0 Å². The second-order valence-corrected chi connectivity index (χ2v) is 4.01. The molecule has 0 aromatic heterocycles. The Morgan fingerprint density at radius 3 is 2.31 bits per heavy atom. The summed E-state index contributed by atoms with van der Waals surface area (Å²) in [7, 11) is 0. The monoisotopic (exact) mass is 230 g/mol. The smallest absolute Gasteiger partial charge is 0.315 e.